The van der Waals surface area contributed by atoms with Crippen LogP contribution in [-0.2, 0) is 10.0 Å². The van der Waals surface area contributed by atoms with Crippen molar-refractivity contribution in [2.24, 2.45) is 0 Å². The van der Waals surface area contributed by atoms with Crippen molar-refractivity contribution in [1.29, 1.82) is 0 Å². The predicted octanol–water partition coefficient (Wildman–Crippen LogP) is 2.84. The highest BCUT2D eigenvalue weighted by molar-refractivity contribution is 7.92. The SMILES string of the molecule is COc1ncc(-c2ccc3ncc(F)c(=O)n3c2)cc1NS(=O)(=O)c1ccccc1F. The van der Waals surface area contributed by atoms with Crippen LogP contribution in [0.25, 0.3) is 16.8 Å². The van der Waals surface area contributed by atoms with Crippen LogP contribution in [-0.4, -0.2) is 29.9 Å². The molecule has 0 amide bonds. The summed E-state index contributed by atoms with van der Waals surface area (Å²) in [5.74, 6) is -1.98. The van der Waals surface area contributed by atoms with Crippen LogP contribution in [0.5, 0.6) is 5.88 Å². The molecule has 31 heavy (non-hydrogen) atoms. The second-order valence-electron chi connectivity index (χ2n) is 6.37. The molecule has 3 heterocycles. The van der Waals surface area contributed by atoms with E-state index in [0.717, 1.165) is 22.7 Å². The van der Waals surface area contributed by atoms with Gasteiger partial charge in [-0.3, -0.25) is 13.9 Å². The average Bonchev–Trinajstić information content (AvgIpc) is 2.76. The molecule has 158 valence electrons. The molecule has 3 aromatic heterocycles. The molecule has 1 N–H and O–H groups in total. The number of hydrogen-bond acceptors (Lipinski definition) is 6. The zero-order valence-electron chi connectivity index (χ0n) is 15.9. The summed E-state index contributed by atoms with van der Waals surface area (Å²) in [4.78, 5) is 19.4. The monoisotopic (exact) mass is 444 g/mol. The van der Waals surface area contributed by atoms with E-state index in [-0.39, 0.29) is 17.2 Å². The minimum Gasteiger partial charge on any atom is -0.480 e. The summed E-state index contributed by atoms with van der Waals surface area (Å²) >= 11 is 0. The number of hydrogen-bond donors (Lipinski definition) is 1. The zero-order valence-corrected chi connectivity index (χ0v) is 16.7. The van der Waals surface area contributed by atoms with Crippen molar-refractivity contribution in [1.82, 2.24) is 14.4 Å². The van der Waals surface area contributed by atoms with E-state index in [9.17, 15) is 22.0 Å². The number of pyridine rings is 2. The number of aromatic nitrogens is 3. The lowest BCUT2D eigenvalue weighted by molar-refractivity contribution is 0.400. The molecule has 11 heteroatoms. The normalized spacial score (nSPS) is 11.5. The second-order valence-corrected chi connectivity index (χ2v) is 8.02. The first-order chi connectivity index (χ1) is 14.8. The minimum atomic E-state index is -4.28. The zero-order chi connectivity index (χ0) is 22.2. The second kappa shape index (κ2) is 7.76. The van der Waals surface area contributed by atoms with E-state index in [1.54, 1.807) is 6.07 Å². The molecule has 0 bridgehead atoms. The fourth-order valence-electron chi connectivity index (χ4n) is 2.93. The summed E-state index contributed by atoms with van der Waals surface area (Å²) < 4.78 is 61.3. The van der Waals surface area contributed by atoms with Gasteiger partial charge in [0, 0.05) is 23.5 Å². The first-order valence-corrected chi connectivity index (χ1v) is 10.3. The number of sulfonamides is 1. The number of rotatable bonds is 5. The van der Waals surface area contributed by atoms with Crippen LogP contribution in [0.3, 0.4) is 0 Å². The third kappa shape index (κ3) is 3.82. The Bertz CT molecular complexity index is 1470. The van der Waals surface area contributed by atoms with Crippen LogP contribution in [0.4, 0.5) is 14.5 Å². The van der Waals surface area contributed by atoms with Crippen molar-refractivity contribution in [3.63, 3.8) is 0 Å². The summed E-state index contributed by atoms with van der Waals surface area (Å²) in [6.07, 6.45) is 3.58. The van der Waals surface area contributed by atoms with Gasteiger partial charge < -0.3 is 4.74 Å². The molecule has 0 saturated heterocycles. The number of nitrogens with one attached hydrogen (secondary N) is 1. The number of methoxy groups -OCH3 is 1. The summed E-state index contributed by atoms with van der Waals surface area (Å²) in [6, 6.07) is 9.43. The molecule has 1 aromatic carbocycles. The van der Waals surface area contributed by atoms with Crippen LogP contribution >= 0.6 is 0 Å². The highest BCUT2D eigenvalue weighted by Crippen LogP contribution is 2.30. The molecule has 0 aliphatic carbocycles. The molecule has 0 atom stereocenters. The summed E-state index contributed by atoms with van der Waals surface area (Å²) in [6.45, 7) is 0. The maximum absolute atomic E-state index is 14.0. The molecular formula is C20H14F2N4O4S. The van der Waals surface area contributed by atoms with E-state index in [4.69, 9.17) is 4.74 Å². The smallest absolute Gasteiger partial charge is 0.293 e. The Morgan fingerprint density at radius 2 is 1.77 bits per heavy atom. The molecule has 4 aromatic rings. The van der Waals surface area contributed by atoms with E-state index in [2.05, 4.69) is 14.7 Å². The third-order valence-corrected chi connectivity index (χ3v) is 5.81. The van der Waals surface area contributed by atoms with Gasteiger partial charge in [0.1, 0.15) is 22.0 Å². The van der Waals surface area contributed by atoms with E-state index in [1.165, 1.54) is 43.8 Å². The Labute approximate surface area is 174 Å². The van der Waals surface area contributed by atoms with Gasteiger partial charge in [0.25, 0.3) is 15.6 Å². The lowest BCUT2D eigenvalue weighted by Gasteiger charge is -2.13. The Kier molecular flexibility index (Phi) is 5.11. The maximum Gasteiger partial charge on any atom is 0.293 e. The molecular weight excluding hydrogens is 430 g/mol. The van der Waals surface area contributed by atoms with Crippen molar-refractivity contribution >= 4 is 21.4 Å². The summed E-state index contributed by atoms with van der Waals surface area (Å²) in [5, 5.41) is 0. The van der Waals surface area contributed by atoms with Crippen molar-refractivity contribution in [2.75, 3.05) is 11.8 Å². The Balaban J connectivity index is 1.80. The Morgan fingerprint density at radius 3 is 2.52 bits per heavy atom. The van der Waals surface area contributed by atoms with Crippen molar-refractivity contribution < 1.29 is 21.9 Å². The van der Waals surface area contributed by atoms with Gasteiger partial charge in [0.2, 0.25) is 11.7 Å². The van der Waals surface area contributed by atoms with Crippen molar-refractivity contribution in [3.8, 4) is 17.0 Å². The van der Waals surface area contributed by atoms with Gasteiger partial charge in [-0.1, -0.05) is 12.1 Å². The fourth-order valence-corrected chi connectivity index (χ4v) is 4.06. The molecule has 0 radical (unpaired) electrons. The number of benzene rings is 1. The largest absolute Gasteiger partial charge is 0.480 e. The maximum atomic E-state index is 14.0. The third-order valence-electron chi connectivity index (χ3n) is 4.41. The van der Waals surface area contributed by atoms with Gasteiger partial charge >= 0.3 is 0 Å². The Morgan fingerprint density at radius 1 is 1.00 bits per heavy atom. The van der Waals surface area contributed by atoms with Crippen LogP contribution in [0, 0.1) is 11.6 Å². The average molecular weight is 444 g/mol. The molecule has 0 spiro atoms. The van der Waals surface area contributed by atoms with Gasteiger partial charge in [0.05, 0.1) is 13.3 Å². The van der Waals surface area contributed by atoms with Crippen molar-refractivity contribution in [3.05, 3.63) is 83.0 Å². The first-order valence-electron chi connectivity index (χ1n) is 8.79. The van der Waals surface area contributed by atoms with E-state index in [1.807, 2.05) is 0 Å². The molecule has 0 aliphatic heterocycles. The number of halogens is 2. The highest BCUT2D eigenvalue weighted by Gasteiger charge is 2.21. The van der Waals surface area contributed by atoms with Crippen LogP contribution in [0.15, 0.2) is 70.7 Å². The van der Waals surface area contributed by atoms with Gasteiger partial charge in [0.15, 0.2) is 0 Å². The minimum absolute atomic E-state index is 0.0469. The number of nitrogens with zero attached hydrogens (tertiary/aromatic N) is 3. The standard InChI is InChI=1S/C20H14F2N4O4S/c1-30-19-16(25-31(28,29)17-5-3-2-4-14(17)21)8-13(9-24-19)12-6-7-18-23-10-15(22)20(27)26(18)11-12/h2-11,25H,1H3. The van der Waals surface area contributed by atoms with E-state index >= 15 is 0 Å². The lowest BCUT2D eigenvalue weighted by Crippen LogP contribution is -2.18. The topological polar surface area (TPSA) is 103 Å². The molecule has 0 fully saturated rings. The quantitative estimate of drug-likeness (QED) is 0.508. The molecule has 8 nitrogen and oxygen atoms in total. The van der Waals surface area contributed by atoms with Gasteiger partial charge in [-0.15, -0.1) is 0 Å². The van der Waals surface area contributed by atoms with Crippen LogP contribution < -0.4 is 15.0 Å². The van der Waals surface area contributed by atoms with Crippen LogP contribution in [0.2, 0.25) is 0 Å². The summed E-state index contributed by atoms with van der Waals surface area (Å²) in [7, 11) is -2.98. The van der Waals surface area contributed by atoms with Crippen molar-refractivity contribution in [2.45, 2.75) is 4.90 Å². The van der Waals surface area contributed by atoms with Gasteiger partial charge in [-0.25, -0.2) is 22.8 Å². The van der Waals surface area contributed by atoms with Gasteiger partial charge in [-0.05, 0) is 30.3 Å². The van der Waals surface area contributed by atoms with Gasteiger partial charge in [-0.2, -0.15) is 4.39 Å². The number of fused-ring (bicyclic) bond motifs is 1. The van der Waals surface area contributed by atoms with E-state index in [0.29, 0.717) is 11.1 Å². The fraction of sp³-hybridized carbons (Fsp3) is 0.0500. The first kappa shape index (κ1) is 20.4. The molecule has 0 aliphatic rings. The Hall–Kier alpha value is -3.86. The predicted molar refractivity (Wildman–Crippen MR) is 108 cm³/mol. The molecule has 4 rings (SSSR count). The number of ether oxygens (including phenoxy) is 1. The number of anilines is 1. The molecule has 0 saturated carbocycles. The highest BCUT2D eigenvalue weighted by atomic mass is 32.2. The van der Waals surface area contributed by atoms with E-state index < -0.39 is 32.1 Å². The molecule has 0 unspecified atom stereocenters. The lowest BCUT2D eigenvalue weighted by atomic mass is 10.1. The summed E-state index contributed by atoms with van der Waals surface area (Å²) in [5.41, 5.74) is 0.132. The van der Waals surface area contributed by atoms with Crippen LogP contribution in [0.1, 0.15) is 0 Å².